The van der Waals surface area contributed by atoms with E-state index in [2.05, 4.69) is 9.80 Å². The number of nitrogens with zero attached hydrogens (tertiary/aromatic N) is 2. The van der Waals surface area contributed by atoms with Gasteiger partial charge in [0, 0.05) is 43.8 Å². The van der Waals surface area contributed by atoms with Crippen LogP contribution in [0.25, 0.3) is 0 Å². The van der Waals surface area contributed by atoms with Crippen LogP contribution in [-0.2, 0) is 19.7 Å². The maximum absolute atomic E-state index is 11.7. The quantitative estimate of drug-likeness (QED) is 0.842. The molecule has 1 aliphatic rings. The lowest BCUT2D eigenvalue weighted by Gasteiger charge is -2.34. The Hall–Kier alpha value is -1.86. The normalized spacial score (nSPS) is 16.2. The molecule has 0 amide bonds. The van der Waals surface area contributed by atoms with E-state index in [0.29, 0.717) is 6.54 Å². The van der Waals surface area contributed by atoms with E-state index in [0.717, 1.165) is 49.4 Å². The van der Waals surface area contributed by atoms with Crippen molar-refractivity contribution in [2.45, 2.75) is 19.7 Å². The second kappa shape index (κ2) is 8.01. The van der Waals surface area contributed by atoms with Crippen molar-refractivity contribution in [1.29, 1.82) is 0 Å². The Morgan fingerprint density at radius 3 is 2.36 bits per heavy atom. The summed E-state index contributed by atoms with van der Waals surface area (Å²) >= 11 is 6.21. The zero-order chi connectivity index (χ0) is 17.8. The maximum Gasteiger partial charge on any atom is 0.227 e. The summed E-state index contributed by atoms with van der Waals surface area (Å²) in [4.78, 5) is 16.1. The second-order valence-corrected chi connectivity index (χ2v) is 6.56. The van der Waals surface area contributed by atoms with Gasteiger partial charge in [-0.3, -0.25) is 14.6 Å². The first-order valence-corrected chi connectivity index (χ1v) is 8.58. The summed E-state index contributed by atoms with van der Waals surface area (Å²) in [6.45, 7) is 4.07. The van der Waals surface area contributed by atoms with Gasteiger partial charge in [0.25, 0.3) is 0 Å². The monoisotopic (exact) mass is 364 g/mol. The van der Waals surface area contributed by atoms with E-state index in [-0.39, 0.29) is 23.9 Å². The molecule has 1 saturated heterocycles. The molecular weight excluding hydrogens is 344 g/mol. The first-order chi connectivity index (χ1) is 12.1. The van der Waals surface area contributed by atoms with Crippen LogP contribution < -0.4 is 5.43 Å². The molecule has 6 nitrogen and oxygen atoms in total. The summed E-state index contributed by atoms with van der Waals surface area (Å²) in [5, 5.41) is 19.8. The molecule has 1 aromatic heterocycles. The van der Waals surface area contributed by atoms with Crippen LogP contribution in [0.2, 0.25) is 5.02 Å². The number of rotatable bonds is 5. The lowest BCUT2D eigenvalue weighted by Crippen LogP contribution is -2.45. The van der Waals surface area contributed by atoms with Crippen molar-refractivity contribution >= 4 is 11.6 Å². The highest BCUT2D eigenvalue weighted by Crippen LogP contribution is 2.20. The maximum atomic E-state index is 11.7. The Morgan fingerprint density at radius 1 is 1.08 bits per heavy atom. The summed E-state index contributed by atoms with van der Waals surface area (Å²) in [7, 11) is 0. The Labute approximate surface area is 150 Å². The summed E-state index contributed by atoms with van der Waals surface area (Å²) in [6.07, 6.45) is 0. The zero-order valence-electron chi connectivity index (χ0n) is 13.8. The standard InChI is InChI=1S/C18H21ClN2O4/c19-15-4-2-1-3-13(15)10-20-5-7-21(8-6-20)11-17-18(24)16(23)9-14(12-22)25-17/h1-4,9,22,24H,5-8,10-12H2. The number of aliphatic hydroxyl groups is 1. The number of hydrogen-bond donors (Lipinski definition) is 2. The average molecular weight is 365 g/mol. The summed E-state index contributed by atoms with van der Waals surface area (Å²) in [5.74, 6) is -0.0121. The minimum absolute atomic E-state index is 0.162. The molecule has 25 heavy (non-hydrogen) atoms. The molecule has 1 aromatic carbocycles. The van der Waals surface area contributed by atoms with Gasteiger partial charge in [-0.2, -0.15) is 0 Å². The number of benzene rings is 1. The fourth-order valence-corrected chi connectivity index (χ4v) is 3.14. The number of aliphatic hydroxyl groups excluding tert-OH is 1. The molecule has 1 fully saturated rings. The molecule has 2 N–H and O–H groups in total. The van der Waals surface area contributed by atoms with E-state index in [1.807, 2.05) is 24.3 Å². The fraction of sp³-hybridized carbons (Fsp3) is 0.389. The van der Waals surface area contributed by atoms with Gasteiger partial charge in [0.05, 0.1) is 6.54 Å². The smallest absolute Gasteiger partial charge is 0.227 e. The van der Waals surface area contributed by atoms with Gasteiger partial charge in [-0.15, -0.1) is 0 Å². The third-order valence-electron chi connectivity index (χ3n) is 4.38. The Morgan fingerprint density at radius 2 is 1.72 bits per heavy atom. The minimum atomic E-state index is -0.525. The molecule has 134 valence electrons. The van der Waals surface area contributed by atoms with Crippen LogP contribution in [0.3, 0.4) is 0 Å². The number of hydrogen-bond acceptors (Lipinski definition) is 6. The highest BCUT2D eigenvalue weighted by Gasteiger charge is 2.21. The lowest BCUT2D eigenvalue weighted by molar-refractivity contribution is 0.112. The summed E-state index contributed by atoms with van der Waals surface area (Å²) in [6, 6.07) is 8.94. The Bertz CT molecular complexity index is 785. The first-order valence-electron chi connectivity index (χ1n) is 8.20. The molecule has 0 unspecified atom stereocenters. The van der Waals surface area contributed by atoms with Crippen LogP contribution in [0.5, 0.6) is 5.75 Å². The van der Waals surface area contributed by atoms with Gasteiger partial charge in [0.15, 0.2) is 5.76 Å². The van der Waals surface area contributed by atoms with E-state index in [9.17, 15) is 9.90 Å². The predicted octanol–water partition coefficient (Wildman–Crippen LogP) is 1.81. The van der Waals surface area contributed by atoms with Crippen molar-refractivity contribution in [2.75, 3.05) is 26.2 Å². The van der Waals surface area contributed by atoms with Gasteiger partial charge in [0.1, 0.15) is 12.4 Å². The Kier molecular flexibility index (Phi) is 5.75. The van der Waals surface area contributed by atoms with Crippen molar-refractivity contribution in [3.05, 3.63) is 62.7 Å². The van der Waals surface area contributed by atoms with Crippen molar-refractivity contribution in [2.24, 2.45) is 0 Å². The van der Waals surface area contributed by atoms with Gasteiger partial charge in [-0.1, -0.05) is 29.8 Å². The molecule has 0 bridgehead atoms. The fourth-order valence-electron chi connectivity index (χ4n) is 2.95. The SMILES string of the molecule is O=c1cc(CO)oc(CN2CCN(Cc3ccccc3Cl)CC2)c1O. The molecule has 3 rings (SSSR count). The highest BCUT2D eigenvalue weighted by atomic mass is 35.5. The molecule has 7 heteroatoms. The molecular formula is C18H21ClN2O4. The molecule has 0 saturated carbocycles. The van der Waals surface area contributed by atoms with Crippen LogP contribution >= 0.6 is 11.6 Å². The molecule has 0 aliphatic carbocycles. The molecule has 0 atom stereocenters. The van der Waals surface area contributed by atoms with E-state index in [4.69, 9.17) is 21.1 Å². The van der Waals surface area contributed by atoms with Gasteiger partial charge < -0.3 is 14.6 Å². The Balaban J connectivity index is 1.59. The van der Waals surface area contributed by atoms with Crippen LogP contribution in [0.4, 0.5) is 0 Å². The van der Waals surface area contributed by atoms with Gasteiger partial charge in [-0.25, -0.2) is 0 Å². The summed E-state index contributed by atoms with van der Waals surface area (Å²) in [5.41, 5.74) is 0.583. The topological polar surface area (TPSA) is 77.2 Å². The number of halogens is 1. The van der Waals surface area contributed by atoms with Crippen LogP contribution in [0.1, 0.15) is 17.1 Å². The van der Waals surface area contributed by atoms with Crippen LogP contribution in [0, 0.1) is 0 Å². The molecule has 0 spiro atoms. The largest absolute Gasteiger partial charge is 0.502 e. The van der Waals surface area contributed by atoms with E-state index in [1.54, 1.807) is 0 Å². The van der Waals surface area contributed by atoms with E-state index >= 15 is 0 Å². The zero-order valence-corrected chi connectivity index (χ0v) is 14.6. The number of piperazine rings is 1. The molecule has 2 aromatic rings. The van der Waals surface area contributed by atoms with Gasteiger partial charge in [0.2, 0.25) is 11.2 Å². The van der Waals surface area contributed by atoms with Crippen LogP contribution in [-0.4, -0.2) is 46.2 Å². The molecule has 0 radical (unpaired) electrons. The highest BCUT2D eigenvalue weighted by molar-refractivity contribution is 6.31. The van der Waals surface area contributed by atoms with E-state index in [1.165, 1.54) is 0 Å². The minimum Gasteiger partial charge on any atom is -0.502 e. The van der Waals surface area contributed by atoms with Crippen molar-refractivity contribution < 1.29 is 14.6 Å². The molecule has 1 aliphatic heterocycles. The van der Waals surface area contributed by atoms with Crippen LogP contribution in [0.15, 0.2) is 39.5 Å². The number of aromatic hydroxyl groups is 1. The van der Waals surface area contributed by atoms with E-state index < -0.39 is 5.43 Å². The first kappa shape index (κ1) is 17.9. The second-order valence-electron chi connectivity index (χ2n) is 6.15. The van der Waals surface area contributed by atoms with Crippen molar-refractivity contribution in [3.63, 3.8) is 0 Å². The van der Waals surface area contributed by atoms with Gasteiger partial charge >= 0.3 is 0 Å². The van der Waals surface area contributed by atoms with Gasteiger partial charge in [-0.05, 0) is 11.6 Å². The van der Waals surface area contributed by atoms with Crippen molar-refractivity contribution in [1.82, 2.24) is 9.80 Å². The third-order valence-corrected chi connectivity index (χ3v) is 4.75. The predicted molar refractivity (Wildman–Crippen MR) is 94.6 cm³/mol. The van der Waals surface area contributed by atoms with Crippen molar-refractivity contribution in [3.8, 4) is 5.75 Å². The lowest BCUT2D eigenvalue weighted by atomic mass is 10.2. The summed E-state index contributed by atoms with van der Waals surface area (Å²) < 4.78 is 5.41. The average Bonchev–Trinajstić information content (AvgIpc) is 2.62. The third kappa shape index (κ3) is 4.41. The molecule has 2 heterocycles.